The number of carbonyl (C=O) groups is 2. The van der Waals surface area contributed by atoms with Crippen molar-refractivity contribution in [3.05, 3.63) is 89.2 Å². The van der Waals surface area contributed by atoms with Gasteiger partial charge in [0.15, 0.2) is 0 Å². The highest BCUT2D eigenvalue weighted by molar-refractivity contribution is 6.04. The summed E-state index contributed by atoms with van der Waals surface area (Å²) in [5.74, 6) is 0.148. The molecule has 9 nitrogen and oxygen atoms in total. The number of nitrogens with zero attached hydrogens (tertiary/aromatic N) is 3. The van der Waals surface area contributed by atoms with E-state index in [1.165, 1.54) is 5.56 Å². The third kappa shape index (κ3) is 5.51. The molecule has 4 aromatic rings. The maximum absolute atomic E-state index is 13.0. The molecule has 1 aliphatic heterocycles. The molecule has 1 saturated heterocycles. The molecule has 1 atom stereocenters. The fourth-order valence-electron chi connectivity index (χ4n) is 5.01. The Kier molecular flexibility index (Phi) is 7.08. The highest BCUT2D eigenvalue weighted by Crippen LogP contribution is 2.30. The van der Waals surface area contributed by atoms with Crippen LogP contribution < -0.4 is 16.4 Å². The zero-order chi connectivity index (χ0) is 26.6. The van der Waals surface area contributed by atoms with Gasteiger partial charge in [0, 0.05) is 47.3 Å². The van der Waals surface area contributed by atoms with Gasteiger partial charge in [0.25, 0.3) is 5.91 Å². The van der Waals surface area contributed by atoms with Crippen molar-refractivity contribution in [2.45, 2.75) is 32.6 Å². The predicted octanol–water partition coefficient (Wildman–Crippen LogP) is 5.34. The van der Waals surface area contributed by atoms with Crippen molar-refractivity contribution < 1.29 is 9.59 Å². The van der Waals surface area contributed by atoms with Crippen LogP contribution in [0.15, 0.2) is 66.7 Å². The van der Waals surface area contributed by atoms with Crippen LogP contribution >= 0.6 is 0 Å². The highest BCUT2D eigenvalue weighted by atomic mass is 16.2. The van der Waals surface area contributed by atoms with E-state index in [9.17, 15) is 9.59 Å². The van der Waals surface area contributed by atoms with Gasteiger partial charge in [-0.25, -0.2) is 4.79 Å². The number of likely N-dealkylation sites (tertiary alicyclic amines) is 1. The molecule has 9 heteroatoms. The maximum atomic E-state index is 13.0. The summed E-state index contributed by atoms with van der Waals surface area (Å²) < 4.78 is 0. The Morgan fingerprint density at radius 1 is 1.00 bits per heavy atom. The summed E-state index contributed by atoms with van der Waals surface area (Å²) in [4.78, 5) is 31.6. The number of hydrogen-bond donors (Lipinski definition) is 4. The number of aromatic nitrogens is 3. The van der Waals surface area contributed by atoms with Gasteiger partial charge >= 0.3 is 6.03 Å². The number of hydrogen-bond acceptors (Lipinski definition) is 5. The Labute approximate surface area is 221 Å². The predicted molar refractivity (Wildman–Crippen MR) is 149 cm³/mol. The van der Waals surface area contributed by atoms with Crippen molar-refractivity contribution in [2.75, 3.05) is 23.7 Å². The molecular weight excluding hydrogens is 478 g/mol. The Bertz CT molecular complexity index is 1430. The number of carbonyl (C=O) groups excluding carboxylic acids is 2. The molecule has 3 heterocycles. The first-order valence-corrected chi connectivity index (χ1v) is 12.7. The van der Waals surface area contributed by atoms with Gasteiger partial charge in [-0.3, -0.25) is 14.9 Å². The smallest absolute Gasteiger partial charge is 0.321 e. The van der Waals surface area contributed by atoms with E-state index in [1.54, 1.807) is 12.1 Å². The molecule has 5 N–H and O–H groups in total. The Hall–Kier alpha value is -4.66. The molecule has 1 unspecified atom stereocenters. The number of aromatic amines is 1. The first-order valence-electron chi connectivity index (χ1n) is 12.7. The quantitative estimate of drug-likeness (QED) is 0.279. The van der Waals surface area contributed by atoms with Crippen LogP contribution in [0.25, 0.3) is 11.3 Å². The van der Waals surface area contributed by atoms with Crippen molar-refractivity contribution in [1.29, 1.82) is 0 Å². The molecule has 0 bridgehead atoms. The minimum Gasteiger partial charge on any atom is -0.365 e. The van der Waals surface area contributed by atoms with Crippen molar-refractivity contribution in [1.82, 2.24) is 20.1 Å². The van der Waals surface area contributed by atoms with E-state index in [1.807, 2.05) is 61.2 Å². The Morgan fingerprint density at radius 3 is 2.39 bits per heavy atom. The van der Waals surface area contributed by atoms with Crippen molar-refractivity contribution in [3.8, 4) is 11.3 Å². The van der Waals surface area contributed by atoms with E-state index in [4.69, 9.17) is 5.73 Å². The van der Waals surface area contributed by atoms with Crippen LogP contribution in [0.5, 0.6) is 0 Å². The number of H-pyrrole nitrogens is 1. The highest BCUT2D eigenvalue weighted by Gasteiger charge is 2.25. The molecule has 0 aliphatic carbocycles. The van der Waals surface area contributed by atoms with Gasteiger partial charge in [-0.2, -0.15) is 5.10 Å². The maximum Gasteiger partial charge on any atom is 0.321 e. The largest absolute Gasteiger partial charge is 0.365 e. The van der Waals surface area contributed by atoms with Crippen LogP contribution in [0.2, 0.25) is 0 Å². The van der Waals surface area contributed by atoms with E-state index in [0.29, 0.717) is 35.2 Å². The summed E-state index contributed by atoms with van der Waals surface area (Å²) in [5.41, 5.74) is 11.5. The Balaban J connectivity index is 1.29. The van der Waals surface area contributed by atoms with E-state index < -0.39 is 5.91 Å². The summed E-state index contributed by atoms with van der Waals surface area (Å²) in [6, 6.07) is 21.2. The van der Waals surface area contributed by atoms with Crippen molar-refractivity contribution >= 4 is 29.1 Å². The number of benzene rings is 2. The molecule has 2 aromatic carbocycles. The number of pyridine rings is 1. The second-order valence-electron chi connectivity index (χ2n) is 9.65. The second kappa shape index (κ2) is 10.8. The SMILES string of the molecule is Cc1cc(Nc2[nH]nc(-c3ccc(NC(=O)N4CCCC(c5ccccc5)C4)cc3)c2C(N)=O)cc(C)n1. The van der Waals surface area contributed by atoms with Gasteiger partial charge < -0.3 is 21.3 Å². The van der Waals surface area contributed by atoms with E-state index >= 15 is 0 Å². The molecule has 38 heavy (non-hydrogen) atoms. The lowest BCUT2D eigenvalue weighted by Crippen LogP contribution is -2.41. The Morgan fingerprint density at radius 2 is 1.71 bits per heavy atom. The fourth-order valence-corrected chi connectivity index (χ4v) is 5.01. The van der Waals surface area contributed by atoms with Crippen molar-refractivity contribution in [3.63, 3.8) is 0 Å². The van der Waals surface area contributed by atoms with E-state index in [-0.39, 0.29) is 11.6 Å². The lowest BCUT2D eigenvalue weighted by atomic mass is 9.91. The van der Waals surface area contributed by atoms with E-state index in [0.717, 1.165) is 36.5 Å². The van der Waals surface area contributed by atoms with Gasteiger partial charge in [0.1, 0.15) is 17.1 Å². The monoisotopic (exact) mass is 509 g/mol. The van der Waals surface area contributed by atoms with Gasteiger partial charge in [-0.05, 0) is 56.5 Å². The number of piperidine rings is 1. The standard InChI is InChI=1S/C29H31N7O2/c1-18-15-24(16-19(2)31-18)32-28-25(27(30)37)26(34-35-28)21-10-12-23(13-11-21)33-29(38)36-14-6-9-22(17-36)20-7-4-3-5-8-20/h3-5,7-8,10-13,15-16,22H,6,9,14,17H2,1-2H3,(H2,30,37)(H,33,38)(H2,31,32,34,35). The van der Waals surface area contributed by atoms with Crippen LogP contribution in [-0.2, 0) is 0 Å². The molecule has 1 aliphatic rings. The summed E-state index contributed by atoms with van der Waals surface area (Å²) >= 11 is 0. The minimum atomic E-state index is -0.603. The molecule has 0 spiro atoms. The van der Waals surface area contributed by atoms with Gasteiger partial charge in [0.05, 0.1) is 0 Å². The lowest BCUT2D eigenvalue weighted by Gasteiger charge is -2.33. The molecule has 0 radical (unpaired) electrons. The van der Waals surface area contributed by atoms with E-state index in [2.05, 4.69) is 37.9 Å². The first-order chi connectivity index (χ1) is 18.4. The van der Waals surface area contributed by atoms with Crippen LogP contribution in [0.1, 0.15) is 46.1 Å². The summed E-state index contributed by atoms with van der Waals surface area (Å²) in [5, 5.41) is 13.4. The second-order valence-corrected chi connectivity index (χ2v) is 9.65. The number of anilines is 3. The first kappa shape index (κ1) is 25.0. The van der Waals surface area contributed by atoms with Crippen molar-refractivity contribution in [2.24, 2.45) is 5.73 Å². The topological polar surface area (TPSA) is 129 Å². The molecular formula is C29H31N7O2. The minimum absolute atomic E-state index is 0.120. The average Bonchev–Trinajstić information content (AvgIpc) is 3.33. The molecule has 3 amide bonds. The van der Waals surface area contributed by atoms with Crippen LogP contribution in [0, 0.1) is 13.8 Å². The normalized spacial score (nSPS) is 15.2. The third-order valence-electron chi connectivity index (χ3n) is 6.75. The fraction of sp³-hybridized carbons (Fsp3) is 0.241. The molecule has 1 fully saturated rings. The number of rotatable bonds is 6. The molecule has 194 valence electrons. The molecule has 2 aromatic heterocycles. The lowest BCUT2D eigenvalue weighted by molar-refractivity contribution is 0.100. The van der Waals surface area contributed by atoms with Crippen LogP contribution in [0.4, 0.5) is 22.0 Å². The molecule has 0 saturated carbocycles. The number of amides is 3. The number of aryl methyl sites for hydroxylation is 2. The zero-order valence-electron chi connectivity index (χ0n) is 21.5. The summed E-state index contributed by atoms with van der Waals surface area (Å²) in [7, 11) is 0. The van der Waals surface area contributed by atoms with Gasteiger partial charge in [-0.15, -0.1) is 0 Å². The number of urea groups is 1. The summed E-state index contributed by atoms with van der Waals surface area (Å²) in [6.45, 7) is 5.22. The average molecular weight is 510 g/mol. The zero-order valence-corrected chi connectivity index (χ0v) is 21.5. The number of primary amides is 1. The number of nitrogens with one attached hydrogen (secondary N) is 3. The van der Waals surface area contributed by atoms with Gasteiger partial charge in [0.2, 0.25) is 0 Å². The molecule has 5 rings (SSSR count). The van der Waals surface area contributed by atoms with Crippen LogP contribution in [0.3, 0.4) is 0 Å². The van der Waals surface area contributed by atoms with Crippen LogP contribution in [-0.4, -0.2) is 45.1 Å². The summed E-state index contributed by atoms with van der Waals surface area (Å²) in [6.07, 6.45) is 2.04. The number of nitrogens with two attached hydrogens (primary N) is 1. The van der Waals surface area contributed by atoms with Gasteiger partial charge in [-0.1, -0.05) is 42.5 Å². The third-order valence-corrected chi connectivity index (χ3v) is 6.75.